The van der Waals surface area contributed by atoms with E-state index >= 15 is 0 Å². The molecule has 6 heteroatoms. The fourth-order valence-corrected chi connectivity index (χ4v) is 1.61. The molecule has 1 rings (SSSR count). The summed E-state index contributed by atoms with van der Waals surface area (Å²) in [5.74, 6) is -0.265. The van der Waals surface area contributed by atoms with E-state index in [2.05, 4.69) is 5.23 Å². The number of rotatable bonds is 6. The molecule has 0 aliphatic rings. The Morgan fingerprint density at radius 3 is 2.50 bits per heavy atom. The van der Waals surface area contributed by atoms with E-state index in [9.17, 15) is 14.7 Å². The number of hydrogen-bond acceptors (Lipinski definition) is 5. The van der Waals surface area contributed by atoms with Gasteiger partial charge in [-0.05, 0) is 44.9 Å². The van der Waals surface area contributed by atoms with E-state index in [0.29, 0.717) is 12.6 Å². The molecule has 1 aromatic rings. The molecule has 1 atom stereocenters. The predicted molar refractivity (Wildman–Crippen MR) is 77.1 cm³/mol. The van der Waals surface area contributed by atoms with Gasteiger partial charge >= 0.3 is 5.97 Å². The van der Waals surface area contributed by atoms with Crippen LogP contribution in [-0.4, -0.2) is 36.3 Å². The summed E-state index contributed by atoms with van der Waals surface area (Å²) in [6.45, 7) is 5.35. The maximum Gasteiger partial charge on any atom is 0.322 e. The second-order valence-electron chi connectivity index (χ2n) is 5.43. The van der Waals surface area contributed by atoms with Crippen molar-refractivity contribution >= 4 is 19.6 Å². The maximum absolute atomic E-state index is 12.1. The largest absolute Gasteiger partial charge is 0.508 e. The summed E-state index contributed by atoms with van der Waals surface area (Å²) in [4.78, 5) is 22.5. The molecule has 1 radical (unpaired) electrons. The third-order valence-electron chi connectivity index (χ3n) is 2.43. The van der Waals surface area contributed by atoms with Gasteiger partial charge in [-0.15, -0.1) is 0 Å². The van der Waals surface area contributed by atoms with Crippen molar-refractivity contribution in [3.63, 3.8) is 0 Å². The molecular weight excluding hydrogens is 257 g/mol. The maximum atomic E-state index is 12.1. The zero-order valence-corrected chi connectivity index (χ0v) is 11.9. The number of phenolic OH excluding ortho intramolecular Hbond substituents is 1. The van der Waals surface area contributed by atoms with Crippen LogP contribution in [0.2, 0.25) is 0 Å². The Morgan fingerprint density at radius 2 is 2.00 bits per heavy atom. The Balaban J connectivity index is 2.75. The van der Waals surface area contributed by atoms with E-state index < -0.39 is 17.6 Å². The normalized spacial score (nSPS) is 12.6. The molecule has 20 heavy (non-hydrogen) atoms. The van der Waals surface area contributed by atoms with Crippen molar-refractivity contribution in [2.75, 3.05) is 0 Å². The second kappa shape index (κ2) is 7.10. The first-order valence-corrected chi connectivity index (χ1v) is 6.35. The summed E-state index contributed by atoms with van der Waals surface area (Å²) in [6.07, 6.45) is 0.938. The van der Waals surface area contributed by atoms with Crippen LogP contribution in [-0.2, 0) is 20.7 Å². The van der Waals surface area contributed by atoms with Crippen LogP contribution in [0, 0.1) is 0 Å². The molecule has 0 aromatic heterocycles. The summed E-state index contributed by atoms with van der Waals surface area (Å²) in [7, 11) is 1.18. The highest BCUT2D eigenvalue weighted by molar-refractivity contribution is 6.64. The van der Waals surface area contributed by atoms with Gasteiger partial charge in [0.05, 0.1) is 6.19 Å². The lowest BCUT2D eigenvalue weighted by molar-refractivity contribution is -0.156. The van der Waals surface area contributed by atoms with Crippen LogP contribution < -0.4 is 5.23 Å². The van der Waals surface area contributed by atoms with Crippen molar-refractivity contribution in [1.29, 1.82) is 0 Å². The lowest BCUT2D eigenvalue weighted by atomic mass is 9.94. The average Bonchev–Trinajstić information content (AvgIpc) is 2.34. The van der Waals surface area contributed by atoms with Crippen molar-refractivity contribution < 1.29 is 19.4 Å². The van der Waals surface area contributed by atoms with Crippen LogP contribution in [0.25, 0.3) is 0 Å². The second-order valence-corrected chi connectivity index (χ2v) is 5.43. The van der Waals surface area contributed by atoms with Gasteiger partial charge in [0.1, 0.15) is 17.4 Å². The molecule has 0 saturated heterocycles. The van der Waals surface area contributed by atoms with Crippen LogP contribution in [0.1, 0.15) is 26.3 Å². The quantitative estimate of drug-likeness (QED) is 0.461. The summed E-state index contributed by atoms with van der Waals surface area (Å²) in [5, 5.41) is 12.0. The number of esters is 1. The molecule has 0 bridgehead atoms. The zero-order valence-electron chi connectivity index (χ0n) is 11.9. The van der Waals surface area contributed by atoms with Gasteiger partial charge < -0.3 is 19.9 Å². The molecular formula is C14H19BNO4. The van der Waals surface area contributed by atoms with Crippen molar-refractivity contribution in [2.45, 2.75) is 38.8 Å². The standard InChI is InChI=1S/C14H19BNO4/c1-14(2,3)20-13(19)12(16-15-9-17)8-10-4-6-11(18)7-5-10/h4-7,9,12,16,18H,8H2,1-3H3/t12-/m0/s1. The van der Waals surface area contributed by atoms with Crippen LogP contribution in [0.5, 0.6) is 5.75 Å². The number of carbonyl (C=O) groups is 2. The minimum absolute atomic E-state index is 0.162. The Kier molecular flexibility index (Phi) is 5.76. The molecule has 0 amide bonds. The molecule has 0 aliphatic carbocycles. The molecule has 107 valence electrons. The topological polar surface area (TPSA) is 75.6 Å². The lowest BCUT2D eigenvalue weighted by Crippen LogP contribution is -2.44. The smallest absolute Gasteiger partial charge is 0.322 e. The van der Waals surface area contributed by atoms with Gasteiger partial charge in [0, 0.05) is 0 Å². The van der Waals surface area contributed by atoms with Crippen LogP contribution in [0.3, 0.4) is 0 Å². The van der Waals surface area contributed by atoms with Gasteiger partial charge in [0.2, 0.25) is 0 Å². The summed E-state index contributed by atoms with van der Waals surface area (Å²) in [5.41, 5.74) is 0.262. The third-order valence-corrected chi connectivity index (χ3v) is 2.43. The predicted octanol–water partition coefficient (Wildman–Crippen LogP) is 1.04. The van der Waals surface area contributed by atoms with Gasteiger partial charge in [-0.2, -0.15) is 0 Å². The fraction of sp³-hybridized carbons (Fsp3) is 0.429. The average molecular weight is 276 g/mol. The van der Waals surface area contributed by atoms with E-state index in [-0.39, 0.29) is 5.75 Å². The van der Waals surface area contributed by atoms with Crippen LogP contribution in [0.15, 0.2) is 24.3 Å². The number of aromatic hydroxyl groups is 1. The lowest BCUT2D eigenvalue weighted by Gasteiger charge is -2.24. The summed E-state index contributed by atoms with van der Waals surface area (Å²) < 4.78 is 5.31. The zero-order chi connectivity index (χ0) is 15.2. The number of hydrogen-bond donors (Lipinski definition) is 2. The summed E-state index contributed by atoms with van der Waals surface area (Å²) in [6, 6.07) is 5.88. The monoisotopic (exact) mass is 276 g/mol. The fourth-order valence-electron chi connectivity index (χ4n) is 1.61. The van der Waals surface area contributed by atoms with Crippen molar-refractivity contribution in [3.8, 4) is 5.75 Å². The van der Waals surface area contributed by atoms with E-state index in [1.54, 1.807) is 45.0 Å². The Bertz CT molecular complexity index is 453. The molecule has 5 nitrogen and oxygen atoms in total. The van der Waals surface area contributed by atoms with Crippen molar-refractivity contribution in [1.82, 2.24) is 5.23 Å². The van der Waals surface area contributed by atoms with Gasteiger partial charge in [0.15, 0.2) is 0 Å². The molecule has 0 fully saturated rings. The SMILES string of the molecule is CC(C)(C)OC(=O)[C@H](Cc1ccc(O)cc1)N[B]C=O. The van der Waals surface area contributed by atoms with E-state index in [1.165, 1.54) is 7.41 Å². The van der Waals surface area contributed by atoms with Crippen LogP contribution in [0.4, 0.5) is 0 Å². The van der Waals surface area contributed by atoms with Crippen LogP contribution >= 0.6 is 0 Å². The molecule has 0 aliphatic heterocycles. The number of phenols is 1. The minimum Gasteiger partial charge on any atom is -0.508 e. The van der Waals surface area contributed by atoms with E-state index in [0.717, 1.165) is 5.56 Å². The highest BCUT2D eigenvalue weighted by Gasteiger charge is 2.25. The highest BCUT2D eigenvalue weighted by atomic mass is 16.6. The molecule has 0 saturated carbocycles. The Hall–Kier alpha value is -1.82. The first-order valence-electron chi connectivity index (χ1n) is 6.35. The van der Waals surface area contributed by atoms with E-state index in [4.69, 9.17) is 4.74 Å². The first-order chi connectivity index (χ1) is 9.31. The minimum atomic E-state index is -0.649. The Labute approximate surface area is 119 Å². The number of carbonyl (C=O) groups excluding carboxylic acids is 2. The molecule has 0 heterocycles. The van der Waals surface area contributed by atoms with Gasteiger partial charge in [-0.3, -0.25) is 4.79 Å². The number of ether oxygens (including phenoxy) is 1. The van der Waals surface area contributed by atoms with Crippen molar-refractivity contribution in [2.24, 2.45) is 0 Å². The molecule has 0 unspecified atom stereocenters. The molecule has 2 N–H and O–H groups in total. The summed E-state index contributed by atoms with van der Waals surface area (Å²) >= 11 is 0. The third kappa shape index (κ3) is 5.88. The highest BCUT2D eigenvalue weighted by Crippen LogP contribution is 2.14. The molecule has 0 spiro atoms. The van der Waals surface area contributed by atoms with Gasteiger partial charge in [0.25, 0.3) is 7.41 Å². The number of benzene rings is 1. The number of nitrogens with one attached hydrogen (secondary N) is 1. The molecule has 1 aromatic carbocycles. The first kappa shape index (κ1) is 16.2. The Morgan fingerprint density at radius 1 is 1.40 bits per heavy atom. The van der Waals surface area contributed by atoms with Gasteiger partial charge in [-0.25, -0.2) is 0 Å². The van der Waals surface area contributed by atoms with Gasteiger partial charge in [-0.1, -0.05) is 12.1 Å². The van der Waals surface area contributed by atoms with Crippen molar-refractivity contribution in [3.05, 3.63) is 29.8 Å². The van der Waals surface area contributed by atoms with E-state index in [1.807, 2.05) is 0 Å².